The van der Waals surface area contributed by atoms with Crippen LogP contribution >= 0.6 is 0 Å². The van der Waals surface area contributed by atoms with Crippen molar-refractivity contribution >= 4 is 11.5 Å². The van der Waals surface area contributed by atoms with Crippen molar-refractivity contribution in [3.8, 4) is 11.1 Å². The molecule has 4 aromatic carbocycles. The quantitative estimate of drug-likeness (QED) is 0.213. The predicted molar refractivity (Wildman–Crippen MR) is 175 cm³/mol. The second-order valence-corrected chi connectivity index (χ2v) is 11.7. The Kier molecular flexibility index (Phi) is 7.90. The number of carbonyl (C=O) groups is 1. The minimum atomic E-state index is -0.911. The first-order valence-corrected chi connectivity index (χ1v) is 15.2. The maximum Gasteiger partial charge on any atom is 0.335 e. The zero-order valence-corrected chi connectivity index (χ0v) is 25.4. The highest BCUT2D eigenvalue weighted by Gasteiger charge is 2.29. The molecule has 1 atom stereocenters. The Morgan fingerprint density at radius 3 is 2.02 bits per heavy atom. The van der Waals surface area contributed by atoms with Crippen LogP contribution in [0, 0.1) is 26.7 Å². The summed E-state index contributed by atoms with van der Waals surface area (Å²) < 4.78 is 6.17. The molecule has 1 aliphatic carbocycles. The molecule has 43 heavy (non-hydrogen) atoms. The number of hydrogen-bond acceptors (Lipinski definition) is 2. The van der Waals surface area contributed by atoms with Gasteiger partial charge in [0.1, 0.15) is 11.5 Å². The summed E-state index contributed by atoms with van der Waals surface area (Å²) in [7, 11) is 0. The molecule has 1 N–H and O–H groups in total. The van der Waals surface area contributed by atoms with Gasteiger partial charge in [-0.3, -0.25) is 0 Å². The van der Waals surface area contributed by atoms with Gasteiger partial charge in [-0.15, -0.1) is 0 Å². The molecule has 0 saturated carbocycles. The Hall–Kier alpha value is -4.63. The number of carboxylic acids is 1. The van der Waals surface area contributed by atoms with E-state index in [4.69, 9.17) is 4.42 Å². The highest BCUT2D eigenvalue weighted by molar-refractivity contribution is 5.90. The van der Waals surface area contributed by atoms with Gasteiger partial charge in [0.2, 0.25) is 0 Å². The lowest BCUT2D eigenvalue weighted by Crippen LogP contribution is -2.13. The predicted octanol–water partition coefficient (Wildman–Crippen LogP) is 9.96. The molecule has 6 rings (SSSR count). The Bertz CT molecular complexity index is 1750. The first-order valence-electron chi connectivity index (χ1n) is 15.2. The van der Waals surface area contributed by atoms with Crippen molar-refractivity contribution < 1.29 is 14.3 Å². The lowest BCUT2D eigenvalue weighted by molar-refractivity contribution is 0.0697. The molecule has 0 bridgehead atoms. The molecule has 0 fully saturated rings. The summed E-state index contributed by atoms with van der Waals surface area (Å²) in [5, 5.41) is 9.58. The SMILES string of the molecule is CCc1oc(C)c(-c2cc(C)c3c(c2)CCC(C(c2ccccc2)c2ccccc2)C=C3c2ccc(C(=O)O)cc2)c1C. The Labute approximate surface area is 254 Å². The van der Waals surface area contributed by atoms with Crippen LogP contribution in [0.5, 0.6) is 0 Å². The van der Waals surface area contributed by atoms with Crippen LogP contribution < -0.4 is 0 Å². The molecular formula is C40H38O3. The maximum atomic E-state index is 11.7. The van der Waals surface area contributed by atoms with Crippen LogP contribution in [0.15, 0.2) is 108 Å². The van der Waals surface area contributed by atoms with E-state index in [-0.39, 0.29) is 11.8 Å². The van der Waals surface area contributed by atoms with Gasteiger partial charge in [0.25, 0.3) is 0 Å². The van der Waals surface area contributed by atoms with Gasteiger partial charge in [-0.2, -0.15) is 0 Å². The van der Waals surface area contributed by atoms with Crippen molar-refractivity contribution in [2.45, 2.75) is 52.9 Å². The topological polar surface area (TPSA) is 50.4 Å². The van der Waals surface area contributed by atoms with Crippen LogP contribution in [-0.4, -0.2) is 11.1 Å². The first-order chi connectivity index (χ1) is 20.9. The molecule has 216 valence electrons. The molecule has 0 amide bonds. The van der Waals surface area contributed by atoms with Crippen molar-refractivity contribution in [2.75, 3.05) is 0 Å². The van der Waals surface area contributed by atoms with Crippen molar-refractivity contribution in [3.63, 3.8) is 0 Å². The van der Waals surface area contributed by atoms with E-state index in [1.54, 1.807) is 12.1 Å². The number of aryl methyl sites for hydroxylation is 4. The molecule has 0 spiro atoms. The van der Waals surface area contributed by atoms with Gasteiger partial charge in [0.05, 0.1) is 5.56 Å². The van der Waals surface area contributed by atoms with Gasteiger partial charge in [-0.25, -0.2) is 4.79 Å². The Balaban J connectivity index is 1.54. The fourth-order valence-electron chi connectivity index (χ4n) is 7.07. The number of aromatic carboxylic acids is 1. The van der Waals surface area contributed by atoms with Gasteiger partial charge >= 0.3 is 5.97 Å². The molecule has 0 aliphatic heterocycles. The van der Waals surface area contributed by atoms with Gasteiger partial charge in [-0.05, 0) is 102 Å². The molecule has 1 heterocycles. The third-order valence-corrected chi connectivity index (χ3v) is 9.03. The molecule has 5 aromatic rings. The summed E-state index contributed by atoms with van der Waals surface area (Å²) in [6.45, 7) is 8.58. The number of carboxylic acid groups (broad SMARTS) is 1. The van der Waals surface area contributed by atoms with E-state index in [1.807, 2.05) is 12.1 Å². The monoisotopic (exact) mass is 566 g/mol. The van der Waals surface area contributed by atoms with Crippen LogP contribution in [0.3, 0.4) is 0 Å². The molecule has 0 saturated heterocycles. The molecule has 1 aliphatic rings. The minimum absolute atomic E-state index is 0.190. The van der Waals surface area contributed by atoms with E-state index in [0.29, 0.717) is 5.56 Å². The highest BCUT2D eigenvalue weighted by atomic mass is 16.4. The van der Waals surface area contributed by atoms with E-state index in [1.165, 1.54) is 50.1 Å². The minimum Gasteiger partial charge on any atom is -0.478 e. The van der Waals surface area contributed by atoms with Crippen LogP contribution in [-0.2, 0) is 12.8 Å². The smallest absolute Gasteiger partial charge is 0.335 e. The zero-order chi connectivity index (χ0) is 30.1. The lowest BCUT2D eigenvalue weighted by atomic mass is 9.78. The molecular weight excluding hydrogens is 528 g/mol. The number of allylic oxidation sites excluding steroid dienone is 1. The van der Waals surface area contributed by atoms with Crippen LogP contribution in [0.4, 0.5) is 0 Å². The van der Waals surface area contributed by atoms with Gasteiger partial charge in [0, 0.05) is 17.9 Å². The van der Waals surface area contributed by atoms with E-state index < -0.39 is 5.97 Å². The lowest BCUT2D eigenvalue weighted by Gasteiger charge is -2.26. The second-order valence-electron chi connectivity index (χ2n) is 11.7. The largest absolute Gasteiger partial charge is 0.478 e. The standard InChI is InChI=1S/C40H38O3/c1-5-36-26(3)38(27(4)43-36)34-22-25(2)37-32(23-34)20-21-33(24-35(37)28-16-18-31(19-17-28)40(41)42)39(29-12-8-6-9-13-29)30-14-10-7-11-15-30/h6-19,22-24,33,39H,5,20-21H2,1-4H3,(H,41,42). The van der Waals surface area contributed by atoms with Crippen molar-refractivity contribution in [3.05, 3.63) is 159 Å². The van der Waals surface area contributed by atoms with Crippen molar-refractivity contribution in [2.24, 2.45) is 5.92 Å². The van der Waals surface area contributed by atoms with Crippen molar-refractivity contribution in [1.82, 2.24) is 0 Å². The van der Waals surface area contributed by atoms with Crippen LogP contribution in [0.25, 0.3) is 16.7 Å². The van der Waals surface area contributed by atoms with Crippen molar-refractivity contribution in [1.29, 1.82) is 0 Å². The number of hydrogen-bond donors (Lipinski definition) is 1. The Morgan fingerprint density at radius 2 is 1.47 bits per heavy atom. The molecule has 1 unspecified atom stereocenters. The molecule has 3 heteroatoms. The first kappa shape index (κ1) is 28.5. The van der Waals surface area contributed by atoms with Crippen LogP contribution in [0.1, 0.15) is 80.1 Å². The normalized spacial score (nSPS) is 14.7. The summed E-state index contributed by atoms with van der Waals surface area (Å²) in [6.07, 6.45) is 5.26. The summed E-state index contributed by atoms with van der Waals surface area (Å²) in [4.78, 5) is 11.7. The molecule has 3 nitrogen and oxygen atoms in total. The highest BCUT2D eigenvalue weighted by Crippen LogP contribution is 2.44. The second kappa shape index (κ2) is 11.9. The fraction of sp³-hybridized carbons (Fsp3) is 0.225. The number of rotatable bonds is 7. The number of furan rings is 1. The summed E-state index contributed by atoms with van der Waals surface area (Å²) in [6, 6.07) is 33.7. The average Bonchev–Trinajstić information content (AvgIpc) is 3.18. The Morgan fingerprint density at radius 1 is 0.837 bits per heavy atom. The van der Waals surface area contributed by atoms with E-state index in [9.17, 15) is 9.90 Å². The average molecular weight is 567 g/mol. The molecule has 1 aromatic heterocycles. The molecule has 0 radical (unpaired) electrons. The number of fused-ring (bicyclic) bond motifs is 1. The third-order valence-electron chi connectivity index (χ3n) is 9.03. The fourth-order valence-corrected chi connectivity index (χ4v) is 7.07. The summed E-state index contributed by atoms with van der Waals surface area (Å²) >= 11 is 0. The van der Waals surface area contributed by atoms with Gasteiger partial charge in [0.15, 0.2) is 0 Å². The third kappa shape index (κ3) is 5.48. The van der Waals surface area contributed by atoms with Gasteiger partial charge in [-0.1, -0.05) is 97.9 Å². The zero-order valence-electron chi connectivity index (χ0n) is 25.4. The summed E-state index contributed by atoms with van der Waals surface area (Å²) in [5.41, 5.74) is 12.5. The van der Waals surface area contributed by atoms with Crippen LogP contribution in [0.2, 0.25) is 0 Å². The van der Waals surface area contributed by atoms with Gasteiger partial charge < -0.3 is 9.52 Å². The van der Waals surface area contributed by atoms with E-state index in [2.05, 4.69) is 107 Å². The maximum absolute atomic E-state index is 11.7. The summed E-state index contributed by atoms with van der Waals surface area (Å²) in [5.74, 6) is 1.53. The van der Waals surface area contributed by atoms with E-state index >= 15 is 0 Å². The van der Waals surface area contributed by atoms with E-state index in [0.717, 1.165) is 36.3 Å². The number of benzene rings is 4.